The molecule has 0 aliphatic rings. The van der Waals surface area contributed by atoms with Gasteiger partial charge >= 0.3 is 0 Å². The smallest absolute Gasteiger partial charge is 0.238 e. The van der Waals surface area contributed by atoms with Gasteiger partial charge in [0, 0.05) is 127 Å². The second-order valence-corrected chi connectivity index (χ2v) is 37.8. The largest absolute Gasteiger partial charge is 0.309 e. The summed E-state index contributed by atoms with van der Waals surface area (Å²) in [6.45, 7) is 0. The third-order valence-corrected chi connectivity index (χ3v) is 29.1. The zero-order valence-corrected chi connectivity index (χ0v) is 81.2. The van der Waals surface area contributed by atoms with Crippen molar-refractivity contribution in [2.75, 3.05) is 0 Å². The molecule has 150 heavy (non-hydrogen) atoms. The highest BCUT2D eigenvalue weighted by Crippen LogP contribution is 2.47. The summed E-state index contributed by atoms with van der Waals surface area (Å²) in [5.74, 6) is 4.86. The van der Waals surface area contributed by atoms with Gasteiger partial charge in [0.2, 0.25) is 5.95 Å². The van der Waals surface area contributed by atoms with E-state index in [9.17, 15) is 0 Å². The molecule has 0 unspecified atom stereocenters. The first kappa shape index (κ1) is 87.4. The van der Waals surface area contributed by atoms with E-state index in [1.807, 2.05) is 60.7 Å². The zero-order chi connectivity index (χ0) is 99.1. The van der Waals surface area contributed by atoms with E-state index in [4.69, 9.17) is 34.9 Å². The Morgan fingerprint density at radius 1 is 0.127 bits per heavy atom. The monoisotopic (exact) mass is 1920 g/mol. The SMILES string of the molecule is c1ccc(-c2cc(-n3c4ccccc4c4cc5c6ccccc6n(-c6ccccc6)c5cc43)nc(-c3ccccc3)n2)cc1.c1ccc(-c2ccc(-c3nc(-c4ccccc4)cc(-n4c5ccccc5c5cc6c7ccccc7n(-c7ccccc7)c6cc54)n3)cc2)cc1.c1ccc(-c2cccc(-c3ccc(-c4nc(-c5ccccc5)nc(-n5c6ccccc6c6ccc7c(c8ccccc8n7-c7ccccc7)c65)n4)cc3)c2)cc1. The highest BCUT2D eigenvalue weighted by Gasteiger charge is 2.28. The first-order valence-corrected chi connectivity index (χ1v) is 50.7. The van der Waals surface area contributed by atoms with Crippen LogP contribution < -0.4 is 0 Å². The number of nitrogens with zero attached hydrogens (tertiary/aromatic N) is 13. The topological polar surface area (TPSA) is 120 Å². The number of para-hydroxylation sites is 9. The van der Waals surface area contributed by atoms with Crippen molar-refractivity contribution in [3.8, 4) is 136 Å². The number of rotatable bonds is 15. The van der Waals surface area contributed by atoms with Crippen LogP contribution in [0.25, 0.3) is 267 Å². The lowest BCUT2D eigenvalue weighted by Gasteiger charge is -2.13. The lowest BCUT2D eigenvalue weighted by molar-refractivity contribution is 0.955. The van der Waals surface area contributed by atoms with Crippen LogP contribution in [0, 0.1) is 0 Å². The molecule has 0 N–H and O–H groups in total. The van der Waals surface area contributed by atoms with E-state index in [0.29, 0.717) is 29.2 Å². The summed E-state index contributed by atoms with van der Waals surface area (Å²) in [6, 6.07) is 190. The molecule has 0 amide bonds. The average Bonchev–Trinajstić information content (AvgIpc) is 1.53. The van der Waals surface area contributed by atoms with E-state index in [1.54, 1.807) is 0 Å². The molecule has 702 valence electrons. The van der Waals surface area contributed by atoms with E-state index in [1.165, 1.54) is 76.2 Å². The van der Waals surface area contributed by atoms with E-state index < -0.39 is 0 Å². The second-order valence-electron chi connectivity index (χ2n) is 37.8. The molecular formula is C137H89N13. The van der Waals surface area contributed by atoms with Crippen LogP contribution in [0.2, 0.25) is 0 Å². The number of benzene rings is 21. The van der Waals surface area contributed by atoms with Crippen molar-refractivity contribution in [3.05, 3.63) is 540 Å². The molecule has 13 nitrogen and oxygen atoms in total. The molecule has 0 atom stereocenters. The van der Waals surface area contributed by atoms with Gasteiger partial charge < -0.3 is 13.7 Å². The molecule has 13 heteroatoms. The van der Waals surface area contributed by atoms with Gasteiger partial charge in [-0.15, -0.1) is 0 Å². The first-order valence-electron chi connectivity index (χ1n) is 50.7. The van der Waals surface area contributed by atoms with Gasteiger partial charge in [0.05, 0.1) is 77.6 Å². The Hall–Kier alpha value is -20.4. The standard InChI is InChI=1S/C51H33N5.C46H30N4.C40H26N4/c1-4-15-34(16-5-1)38-19-14-20-39(33-38)35-27-29-37(30-28-35)50-52-49(36-17-6-2-7-18-36)53-51(54-50)56-44-25-12-10-23-41(44)42-31-32-46-47(48(42)56)43-24-11-13-26-45(43)55(46)40-21-8-3-9-22-40;1-4-14-31(15-5-1)32-24-26-34(27-25-32)46-47-40(33-16-6-2-7-17-33)29-45(48-46)50-42-23-13-11-21-37(42)39-28-38-36-20-10-12-22-41(36)49(43(38)30-44(39)50)35-18-8-3-9-19-35;1-4-14-27(15-5-1)34-25-39(42-40(41-34)28-16-6-2-7-17-28)44-36-23-13-11-21-31(36)33-24-32-30-20-10-12-22-35(30)43(37(32)26-38(33)44)29-18-8-3-9-19-29/h1-33H;1-30H;1-26H. The molecule has 0 spiro atoms. The number of hydrogen-bond acceptors (Lipinski definition) is 7. The summed E-state index contributed by atoms with van der Waals surface area (Å²) < 4.78 is 14.0. The molecular weight excluding hydrogens is 1830 g/mol. The number of fused-ring (bicyclic) bond motifs is 19. The Morgan fingerprint density at radius 2 is 0.387 bits per heavy atom. The number of hydrogen-bond donors (Lipinski definition) is 0. The highest BCUT2D eigenvalue weighted by atomic mass is 15.2. The van der Waals surface area contributed by atoms with E-state index in [0.717, 1.165) is 161 Å². The van der Waals surface area contributed by atoms with Crippen LogP contribution in [-0.2, 0) is 0 Å². The normalized spacial score (nSPS) is 11.6. The molecule has 0 aliphatic heterocycles. The highest BCUT2D eigenvalue weighted by molar-refractivity contribution is 6.27. The van der Waals surface area contributed by atoms with Gasteiger partial charge in [-0.05, 0) is 143 Å². The molecule has 9 heterocycles. The molecule has 9 aromatic heterocycles. The van der Waals surface area contributed by atoms with Gasteiger partial charge in [0.1, 0.15) is 11.6 Å². The van der Waals surface area contributed by atoms with Gasteiger partial charge in [0.25, 0.3) is 0 Å². The minimum Gasteiger partial charge on any atom is -0.309 e. The Kier molecular flexibility index (Phi) is 21.6. The Balaban J connectivity index is 0.000000109. The Bertz CT molecular complexity index is 10300. The van der Waals surface area contributed by atoms with Crippen LogP contribution in [0.5, 0.6) is 0 Å². The lowest BCUT2D eigenvalue weighted by atomic mass is 9.98. The van der Waals surface area contributed by atoms with E-state index >= 15 is 0 Å². The quantitative estimate of drug-likeness (QED) is 0.100. The Labute approximate surface area is 863 Å². The first-order chi connectivity index (χ1) is 74.4. The fraction of sp³-hybridized carbons (Fsp3) is 0. The Morgan fingerprint density at radius 3 is 0.773 bits per heavy atom. The molecule has 0 fully saturated rings. The van der Waals surface area contributed by atoms with Crippen molar-refractivity contribution >= 4 is 131 Å². The third kappa shape index (κ3) is 15.4. The zero-order valence-electron chi connectivity index (χ0n) is 81.2. The van der Waals surface area contributed by atoms with Gasteiger partial charge in [-0.2, -0.15) is 9.97 Å². The predicted molar refractivity (Wildman–Crippen MR) is 619 cm³/mol. The molecule has 0 aliphatic carbocycles. The minimum atomic E-state index is 0.573. The van der Waals surface area contributed by atoms with Crippen LogP contribution in [0.15, 0.2) is 540 Å². The summed E-state index contributed by atoms with van der Waals surface area (Å²) in [5, 5.41) is 14.3. The molecule has 30 aromatic rings. The maximum atomic E-state index is 5.32. The van der Waals surface area contributed by atoms with Crippen LogP contribution in [-0.4, -0.2) is 62.3 Å². The van der Waals surface area contributed by atoms with Crippen LogP contribution in [0.4, 0.5) is 0 Å². The van der Waals surface area contributed by atoms with Crippen LogP contribution in [0.3, 0.4) is 0 Å². The van der Waals surface area contributed by atoms with Crippen LogP contribution >= 0.6 is 0 Å². The molecule has 0 bridgehead atoms. The fourth-order valence-corrected chi connectivity index (χ4v) is 22.2. The summed E-state index contributed by atoms with van der Waals surface area (Å²) in [5.41, 5.74) is 31.6. The van der Waals surface area contributed by atoms with Crippen LogP contribution in [0.1, 0.15) is 0 Å². The van der Waals surface area contributed by atoms with Crippen molar-refractivity contribution in [3.63, 3.8) is 0 Å². The van der Waals surface area contributed by atoms with E-state index in [-0.39, 0.29) is 0 Å². The molecule has 0 radical (unpaired) electrons. The predicted octanol–water partition coefficient (Wildman–Crippen LogP) is 34.4. The van der Waals surface area contributed by atoms with Gasteiger partial charge in [-0.3, -0.25) is 13.7 Å². The molecule has 21 aromatic carbocycles. The van der Waals surface area contributed by atoms with Crippen molar-refractivity contribution in [1.82, 2.24) is 62.3 Å². The average molecular weight is 1920 g/mol. The molecule has 0 saturated heterocycles. The van der Waals surface area contributed by atoms with Crippen molar-refractivity contribution < 1.29 is 0 Å². The lowest BCUT2D eigenvalue weighted by Crippen LogP contribution is -2.06. The maximum absolute atomic E-state index is 5.32. The van der Waals surface area contributed by atoms with Gasteiger partial charge in [0.15, 0.2) is 23.3 Å². The van der Waals surface area contributed by atoms with Crippen molar-refractivity contribution in [1.29, 1.82) is 0 Å². The summed E-state index contributed by atoms with van der Waals surface area (Å²) in [6.07, 6.45) is 0. The minimum absolute atomic E-state index is 0.573. The maximum Gasteiger partial charge on any atom is 0.238 e. The second kappa shape index (κ2) is 37.1. The van der Waals surface area contributed by atoms with E-state index in [2.05, 4.69) is 507 Å². The number of aromatic nitrogens is 13. The third-order valence-electron chi connectivity index (χ3n) is 29.1. The summed E-state index contributed by atoms with van der Waals surface area (Å²) in [4.78, 5) is 36.4. The summed E-state index contributed by atoms with van der Waals surface area (Å²) in [7, 11) is 0. The molecule has 0 saturated carbocycles. The summed E-state index contributed by atoms with van der Waals surface area (Å²) >= 11 is 0. The van der Waals surface area contributed by atoms with Crippen molar-refractivity contribution in [2.45, 2.75) is 0 Å². The molecule has 30 rings (SSSR count). The van der Waals surface area contributed by atoms with Gasteiger partial charge in [-0.25, -0.2) is 24.9 Å². The van der Waals surface area contributed by atoms with Crippen molar-refractivity contribution in [2.24, 2.45) is 0 Å². The van der Waals surface area contributed by atoms with Gasteiger partial charge in [-0.1, -0.05) is 419 Å². The fourth-order valence-electron chi connectivity index (χ4n) is 22.2.